The molecule has 0 bridgehead atoms. The van der Waals surface area contributed by atoms with Crippen LogP contribution in [0.4, 0.5) is 5.13 Å². The number of carbonyl (C=O) groups is 3. The van der Waals surface area contributed by atoms with E-state index in [9.17, 15) is 14.4 Å². The monoisotopic (exact) mass is 417 g/mol. The fourth-order valence-electron chi connectivity index (χ4n) is 3.71. The van der Waals surface area contributed by atoms with E-state index in [0.717, 1.165) is 5.56 Å². The van der Waals surface area contributed by atoms with Gasteiger partial charge in [-0.15, -0.1) is 23.1 Å². The number of hydrogen-bond donors (Lipinski definition) is 1. The van der Waals surface area contributed by atoms with E-state index >= 15 is 0 Å². The Kier molecular flexibility index (Phi) is 4.46. The molecule has 2 atom stereocenters. The molecule has 3 heterocycles. The molecule has 2 aromatic rings. The minimum absolute atomic E-state index is 0.135. The fourth-order valence-corrected chi connectivity index (χ4v) is 6.11. The van der Waals surface area contributed by atoms with Crippen LogP contribution in [0.1, 0.15) is 50.5 Å². The number of thiazole rings is 1. The van der Waals surface area contributed by atoms with Gasteiger partial charge >= 0.3 is 5.97 Å². The van der Waals surface area contributed by atoms with Gasteiger partial charge in [-0.2, -0.15) is 0 Å². The molecular weight excluding hydrogens is 398 g/mol. The summed E-state index contributed by atoms with van der Waals surface area (Å²) in [5, 5.41) is 2.93. The van der Waals surface area contributed by atoms with Crippen molar-refractivity contribution in [3.63, 3.8) is 0 Å². The molecule has 28 heavy (non-hydrogen) atoms. The predicted octanol–water partition coefficient (Wildman–Crippen LogP) is 3.23. The van der Waals surface area contributed by atoms with Crippen LogP contribution in [-0.2, 0) is 9.53 Å². The van der Waals surface area contributed by atoms with Crippen LogP contribution < -0.4 is 5.32 Å². The second-order valence-corrected chi connectivity index (χ2v) is 10.1. The molecule has 1 aromatic heterocycles. The van der Waals surface area contributed by atoms with Gasteiger partial charge in [0.15, 0.2) is 10.8 Å². The number of benzene rings is 1. The molecule has 0 spiro atoms. The van der Waals surface area contributed by atoms with Crippen LogP contribution in [0.15, 0.2) is 24.3 Å². The number of amides is 2. The first-order valence-electron chi connectivity index (χ1n) is 8.70. The van der Waals surface area contributed by atoms with E-state index < -0.39 is 16.8 Å². The van der Waals surface area contributed by atoms with Gasteiger partial charge in [0, 0.05) is 15.2 Å². The number of hydrogen-bond acceptors (Lipinski definition) is 7. The van der Waals surface area contributed by atoms with Gasteiger partial charge < -0.3 is 15.0 Å². The lowest BCUT2D eigenvalue weighted by Crippen LogP contribution is -2.50. The van der Waals surface area contributed by atoms with E-state index in [1.807, 2.05) is 32.0 Å². The third kappa shape index (κ3) is 2.80. The van der Waals surface area contributed by atoms with Crippen molar-refractivity contribution in [1.29, 1.82) is 0 Å². The number of methoxy groups -OCH3 is 1. The Hall–Kier alpha value is -2.39. The first-order valence-corrected chi connectivity index (χ1v) is 10.4. The first kappa shape index (κ1) is 18.9. The highest BCUT2D eigenvalue weighted by atomic mass is 32.2. The Bertz CT molecular complexity index is 1000. The number of ether oxygens (including phenoxy) is 1. The molecule has 1 saturated heterocycles. The Morgan fingerprint density at radius 2 is 2.00 bits per heavy atom. The van der Waals surface area contributed by atoms with Gasteiger partial charge in [-0.25, -0.2) is 9.78 Å². The highest BCUT2D eigenvalue weighted by Crippen LogP contribution is 2.56. The highest BCUT2D eigenvalue weighted by Gasteiger charge is 2.57. The van der Waals surface area contributed by atoms with E-state index in [0.29, 0.717) is 15.6 Å². The van der Waals surface area contributed by atoms with Crippen molar-refractivity contribution in [2.24, 2.45) is 0 Å². The van der Waals surface area contributed by atoms with Gasteiger partial charge in [0.05, 0.1) is 7.11 Å². The summed E-state index contributed by atoms with van der Waals surface area (Å²) in [6, 6.07) is 6.81. The summed E-state index contributed by atoms with van der Waals surface area (Å²) in [6.07, 6.45) is 0. The maximum atomic E-state index is 13.2. The van der Waals surface area contributed by atoms with E-state index in [1.54, 1.807) is 29.7 Å². The van der Waals surface area contributed by atoms with Gasteiger partial charge in [-0.3, -0.25) is 9.59 Å². The number of aromatic nitrogens is 1. The maximum absolute atomic E-state index is 13.2. The van der Waals surface area contributed by atoms with Crippen LogP contribution in [0.2, 0.25) is 0 Å². The van der Waals surface area contributed by atoms with Crippen LogP contribution in [0, 0.1) is 6.92 Å². The maximum Gasteiger partial charge on any atom is 0.357 e. The van der Waals surface area contributed by atoms with Crippen LogP contribution in [-0.4, -0.2) is 45.6 Å². The SMILES string of the molecule is COC(=O)c1nc(NC(=O)[C@@H]2N3C(=O)c4ccccc4[C@H]3SC2(C)C)sc1C. The third-order valence-electron chi connectivity index (χ3n) is 4.95. The molecule has 1 aromatic carbocycles. The number of nitrogens with one attached hydrogen (secondary N) is 1. The van der Waals surface area contributed by atoms with Gasteiger partial charge in [-0.05, 0) is 32.4 Å². The topological polar surface area (TPSA) is 88.6 Å². The lowest BCUT2D eigenvalue weighted by molar-refractivity contribution is -0.121. The number of carbonyl (C=O) groups excluding carboxylic acids is 3. The van der Waals surface area contributed by atoms with Crippen molar-refractivity contribution in [3.05, 3.63) is 46.0 Å². The van der Waals surface area contributed by atoms with Crippen molar-refractivity contribution in [3.8, 4) is 0 Å². The number of nitrogens with zero attached hydrogens (tertiary/aromatic N) is 2. The first-order chi connectivity index (χ1) is 13.2. The molecule has 9 heteroatoms. The second-order valence-electron chi connectivity index (χ2n) is 7.18. The Morgan fingerprint density at radius 1 is 1.29 bits per heavy atom. The molecule has 2 amide bonds. The average molecular weight is 418 g/mol. The standard InChI is InChI=1S/C19H19N3O4S2/c1-9-12(17(25)26-4)20-18(27-9)21-14(23)13-19(2,3)28-16-11-8-6-5-7-10(11)15(24)22(13)16/h5-8,13,16H,1-4H3,(H,20,21,23)/t13-,16+/m0/s1. The average Bonchev–Trinajstić information content (AvgIpc) is 3.24. The van der Waals surface area contributed by atoms with E-state index in [2.05, 4.69) is 10.3 Å². The number of esters is 1. The van der Waals surface area contributed by atoms with Crippen molar-refractivity contribution in [1.82, 2.24) is 9.88 Å². The molecule has 0 aliphatic carbocycles. The zero-order valence-corrected chi connectivity index (χ0v) is 17.4. The molecule has 146 valence electrons. The minimum Gasteiger partial charge on any atom is -0.464 e. The van der Waals surface area contributed by atoms with E-state index in [1.165, 1.54) is 18.4 Å². The van der Waals surface area contributed by atoms with Gasteiger partial charge in [-0.1, -0.05) is 18.2 Å². The lowest BCUT2D eigenvalue weighted by Gasteiger charge is -2.29. The summed E-state index contributed by atoms with van der Waals surface area (Å²) in [7, 11) is 1.29. The summed E-state index contributed by atoms with van der Waals surface area (Å²) in [5.41, 5.74) is 1.77. The Morgan fingerprint density at radius 3 is 2.71 bits per heavy atom. The largest absolute Gasteiger partial charge is 0.464 e. The molecule has 1 N–H and O–H groups in total. The molecule has 7 nitrogen and oxygen atoms in total. The smallest absolute Gasteiger partial charge is 0.357 e. The molecule has 2 aliphatic rings. The van der Waals surface area contributed by atoms with Crippen molar-refractivity contribution in [2.45, 2.75) is 36.9 Å². The second kappa shape index (κ2) is 6.59. The van der Waals surface area contributed by atoms with Gasteiger partial charge in [0.1, 0.15) is 11.4 Å². The van der Waals surface area contributed by atoms with Crippen LogP contribution in [0.5, 0.6) is 0 Å². The number of rotatable bonds is 3. The molecule has 2 aliphatic heterocycles. The molecular formula is C19H19N3O4S2. The zero-order valence-electron chi connectivity index (χ0n) is 15.8. The number of fused-ring (bicyclic) bond motifs is 3. The zero-order chi connectivity index (χ0) is 20.2. The molecule has 1 fully saturated rings. The number of thioether (sulfide) groups is 1. The van der Waals surface area contributed by atoms with Crippen molar-refractivity contribution >= 4 is 46.0 Å². The lowest BCUT2D eigenvalue weighted by atomic mass is 10.0. The van der Waals surface area contributed by atoms with Gasteiger partial charge in [0.25, 0.3) is 5.91 Å². The van der Waals surface area contributed by atoms with Crippen molar-refractivity contribution < 1.29 is 19.1 Å². The van der Waals surface area contributed by atoms with Gasteiger partial charge in [0.2, 0.25) is 5.91 Å². The predicted molar refractivity (Wildman–Crippen MR) is 108 cm³/mol. The van der Waals surface area contributed by atoms with E-state index in [4.69, 9.17) is 4.74 Å². The summed E-state index contributed by atoms with van der Waals surface area (Å²) >= 11 is 2.81. The third-order valence-corrected chi connectivity index (χ3v) is 7.37. The number of anilines is 1. The molecule has 0 saturated carbocycles. The summed E-state index contributed by atoms with van der Waals surface area (Å²) in [4.78, 5) is 44.4. The van der Waals surface area contributed by atoms with Crippen molar-refractivity contribution in [2.75, 3.05) is 12.4 Å². The molecule has 4 rings (SSSR count). The molecule has 0 unspecified atom stereocenters. The van der Waals surface area contributed by atoms with E-state index in [-0.39, 0.29) is 22.9 Å². The quantitative estimate of drug-likeness (QED) is 0.772. The number of aryl methyl sites for hydroxylation is 1. The minimum atomic E-state index is -0.659. The Balaban J connectivity index is 1.63. The summed E-state index contributed by atoms with van der Waals surface area (Å²) in [6.45, 7) is 5.66. The Labute approximate surface area is 170 Å². The fraction of sp³-hybridized carbons (Fsp3) is 0.368. The summed E-state index contributed by atoms with van der Waals surface area (Å²) in [5.74, 6) is -0.994. The summed E-state index contributed by atoms with van der Waals surface area (Å²) < 4.78 is 4.23. The van der Waals surface area contributed by atoms with Crippen LogP contribution in [0.25, 0.3) is 0 Å². The molecule has 0 radical (unpaired) electrons. The normalized spacial score (nSPS) is 22.0. The van der Waals surface area contributed by atoms with Crippen LogP contribution >= 0.6 is 23.1 Å². The van der Waals surface area contributed by atoms with Crippen LogP contribution in [0.3, 0.4) is 0 Å². The highest BCUT2D eigenvalue weighted by molar-refractivity contribution is 8.01.